The smallest absolute Gasteiger partial charge is 0.262 e. The molecule has 6 heteroatoms. The number of hydrogen-bond donors (Lipinski definition) is 3. The molecular weight excluding hydrogens is 252 g/mol. The molecule has 18 heavy (non-hydrogen) atoms. The van der Waals surface area contributed by atoms with E-state index in [1.165, 1.54) is 30.3 Å². The molecule has 0 bridgehead atoms. The number of phenols is 1. The van der Waals surface area contributed by atoms with Gasteiger partial charge in [0.2, 0.25) is 0 Å². The van der Waals surface area contributed by atoms with Gasteiger partial charge in [-0.3, -0.25) is 4.72 Å². The molecule has 0 unspecified atom stereocenters. The van der Waals surface area contributed by atoms with Crippen LogP contribution < -0.4 is 10.5 Å². The second kappa shape index (κ2) is 4.58. The number of hydrogen-bond acceptors (Lipinski definition) is 4. The molecule has 0 amide bonds. The summed E-state index contributed by atoms with van der Waals surface area (Å²) in [5, 5.41) is 9.59. The summed E-state index contributed by atoms with van der Waals surface area (Å²) < 4.78 is 26.3. The van der Waals surface area contributed by atoms with Crippen LogP contribution in [0.5, 0.6) is 5.75 Å². The van der Waals surface area contributed by atoms with Gasteiger partial charge in [-0.15, -0.1) is 0 Å². The number of rotatable bonds is 3. The number of nitrogen functional groups attached to an aromatic ring is 1. The molecule has 0 radical (unpaired) electrons. The highest BCUT2D eigenvalue weighted by molar-refractivity contribution is 7.92. The monoisotopic (exact) mass is 264 g/mol. The second-order valence-corrected chi connectivity index (χ2v) is 5.34. The average Bonchev–Trinajstić information content (AvgIpc) is 2.35. The molecule has 0 spiro atoms. The van der Waals surface area contributed by atoms with E-state index in [0.29, 0.717) is 0 Å². The van der Waals surface area contributed by atoms with Crippen molar-refractivity contribution in [1.29, 1.82) is 0 Å². The highest BCUT2D eigenvalue weighted by atomic mass is 32.2. The van der Waals surface area contributed by atoms with Crippen LogP contribution in [-0.4, -0.2) is 13.5 Å². The number of nitrogens with one attached hydrogen (secondary N) is 1. The molecule has 4 N–H and O–H groups in total. The number of nitrogens with two attached hydrogens (primary N) is 1. The first kappa shape index (κ1) is 12.3. The summed E-state index contributed by atoms with van der Waals surface area (Å²) in [5.41, 5.74) is 5.77. The summed E-state index contributed by atoms with van der Waals surface area (Å²) in [4.78, 5) is 0.104. The lowest BCUT2D eigenvalue weighted by Gasteiger charge is -2.11. The zero-order valence-electron chi connectivity index (χ0n) is 9.37. The number of anilines is 2. The van der Waals surface area contributed by atoms with Crippen molar-refractivity contribution in [2.75, 3.05) is 10.5 Å². The summed E-state index contributed by atoms with van der Waals surface area (Å²) in [6, 6.07) is 12.3. The van der Waals surface area contributed by atoms with Crippen molar-refractivity contribution in [3.8, 4) is 5.75 Å². The fraction of sp³-hybridized carbons (Fsp3) is 0. The highest BCUT2D eigenvalue weighted by Crippen LogP contribution is 2.31. The first-order valence-corrected chi connectivity index (χ1v) is 6.64. The number of sulfonamides is 1. The lowest BCUT2D eigenvalue weighted by molar-refractivity contribution is 0.478. The van der Waals surface area contributed by atoms with Gasteiger partial charge in [0.1, 0.15) is 11.4 Å². The third kappa shape index (κ3) is 2.38. The molecule has 5 nitrogen and oxygen atoms in total. The predicted octanol–water partition coefficient (Wildman–Crippen LogP) is 1.78. The first-order valence-electron chi connectivity index (χ1n) is 5.16. The molecule has 0 aromatic heterocycles. The summed E-state index contributed by atoms with van der Waals surface area (Å²) in [7, 11) is -3.75. The van der Waals surface area contributed by atoms with E-state index >= 15 is 0 Å². The van der Waals surface area contributed by atoms with Gasteiger partial charge in [-0.2, -0.15) is 0 Å². The molecule has 2 aromatic carbocycles. The van der Waals surface area contributed by atoms with Crippen LogP contribution in [0.2, 0.25) is 0 Å². The Labute approximate surface area is 105 Å². The van der Waals surface area contributed by atoms with Gasteiger partial charge in [-0.1, -0.05) is 24.3 Å². The van der Waals surface area contributed by atoms with Crippen LogP contribution >= 0.6 is 0 Å². The van der Waals surface area contributed by atoms with Crippen LogP contribution in [0.3, 0.4) is 0 Å². The molecule has 0 atom stereocenters. The Morgan fingerprint density at radius 3 is 2.28 bits per heavy atom. The predicted molar refractivity (Wildman–Crippen MR) is 69.8 cm³/mol. The second-order valence-electron chi connectivity index (χ2n) is 3.66. The van der Waals surface area contributed by atoms with Gasteiger partial charge in [-0.25, -0.2) is 8.42 Å². The van der Waals surface area contributed by atoms with E-state index in [1.54, 1.807) is 18.2 Å². The Balaban J connectivity index is 2.41. The minimum absolute atomic E-state index is 0.0126. The quantitative estimate of drug-likeness (QED) is 0.582. The van der Waals surface area contributed by atoms with Crippen molar-refractivity contribution in [3.05, 3.63) is 48.5 Å². The molecule has 0 aliphatic rings. The van der Waals surface area contributed by atoms with E-state index in [2.05, 4.69) is 4.72 Å². The summed E-state index contributed by atoms with van der Waals surface area (Å²) >= 11 is 0. The summed E-state index contributed by atoms with van der Waals surface area (Å²) in [6.45, 7) is 0. The molecule has 0 aliphatic heterocycles. The topological polar surface area (TPSA) is 92.4 Å². The normalized spacial score (nSPS) is 11.1. The van der Waals surface area contributed by atoms with E-state index in [9.17, 15) is 13.5 Å². The summed E-state index contributed by atoms with van der Waals surface area (Å²) in [6.07, 6.45) is 0. The van der Waals surface area contributed by atoms with Crippen LogP contribution in [0.15, 0.2) is 53.4 Å². The third-order valence-electron chi connectivity index (χ3n) is 2.36. The van der Waals surface area contributed by atoms with Crippen LogP contribution in [0, 0.1) is 0 Å². The Bertz CT molecular complexity index is 634. The summed E-state index contributed by atoms with van der Waals surface area (Å²) in [5.74, 6) is -0.213. The molecule has 2 rings (SSSR count). The molecule has 2 aromatic rings. The molecule has 0 aliphatic carbocycles. The standard InChI is InChI=1S/C12H12N2O3S/c13-10-7-4-8-11(15)12(10)14-18(16,17)9-5-2-1-3-6-9/h1-8,14-15H,13H2. The van der Waals surface area contributed by atoms with Crippen molar-refractivity contribution < 1.29 is 13.5 Å². The van der Waals surface area contributed by atoms with E-state index in [-0.39, 0.29) is 22.0 Å². The lowest BCUT2D eigenvalue weighted by Crippen LogP contribution is -2.14. The van der Waals surface area contributed by atoms with Gasteiger partial charge < -0.3 is 10.8 Å². The van der Waals surface area contributed by atoms with E-state index in [1.807, 2.05) is 0 Å². The molecular formula is C12H12N2O3S. The van der Waals surface area contributed by atoms with Crippen LogP contribution in [-0.2, 0) is 10.0 Å². The SMILES string of the molecule is Nc1cccc(O)c1NS(=O)(=O)c1ccccc1. The van der Waals surface area contributed by atoms with Gasteiger partial charge in [-0.05, 0) is 24.3 Å². The number of para-hydroxylation sites is 1. The fourth-order valence-corrected chi connectivity index (χ4v) is 2.59. The van der Waals surface area contributed by atoms with Gasteiger partial charge in [0.15, 0.2) is 0 Å². The minimum Gasteiger partial charge on any atom is -0.506 e. The maximum Gasteiger partial charge on any atom is 0.262 e. The van der Waals surface area contributed by atoms with E-state index in [4.69, 9.17) is 5.73 Å². The zero-order chi connectivity index (χ0) is 13.2. The Hall–Kier alpha value is -2.21. The highest BCUT2D eigenvalue weighted by Gasteiger charge is 2.17. The van der Waals surface area contributed by atoms with Crippen molar-refractivity contribution in [3.63, 3.8) is 0 Å². The molecule has 0 heterocycles. The maximum absolute atomic E-state index is 12.0. The van der Waals surface area contributed by atoms with E-state index in [0.717, 1.165) is 0 Å². The fourth-order valence-electron chi connectivity index (χ4n) is 1.46. The Kier molecular flexibility index (Phi) is 3.12. The minimum atomic E-state index is -3.75. The zero-order valence-corrected chi connectivity index (χ0v) is 10.2. The third-order valence-corrected chi connectivity index (χ3v) is 3.73. The first-order chi connectivity index (χ1) is 8.50. The van der Waals surface area contributed by atoms with Gasteiger partial charge in [0, 0.05) is 0 Å². The van der Waals surface area contributed by atoms with Gasteiger partial charge >= 0.3 is 0 Å². The van der Waals surface area contributed by atoms with Crippen molar-refractivity contribution in [2.24, 2.45) is 0 Å². The number of phenolic OH excluding ortho intramolecular Hbond substituents is 1. The van der Waals surface area contributed by atoms with Gasteiger partial charge in [0.05, 0.1) is 10.6 Å². The average molecular weight is 264 g/mol. The lowest BCUT2D eigenvalue weighted by atomic mass is 10.2. The van der Waals surface area contributed by atoms with Crippen molar-refractivity contribution in [2.45, 2.75) is 4.90 Å². The van der Waals surface area contributed by atoms with Crippen LogP contribution in [0.4, 0.5) is 11.4 Å². The van der Waals surface area contributed by atoms with Crippen LogP contribution in [0.25, 0.3) is 0 Å². The largest absolute Gasteiger partial charge is 0.506 e. The molecule has 94 valence electrons. The number of aromatic hydroxyl groups is 1. The van der Waals surface area contributed by atoms with Crippen molar-refractivity contribution in [1.82, 2.24) is 0 Å². The molecule has 0 fully saturated rings. The Morgan fingerprint density at radius 1 is 1.00 bits per heavy atom. The van der Waals surface area contributed by atoms with Crippen LogP contribution in [0.1, 0.15) is 0 Å². The van der Waals surface area contributed by atoms with Crippen molar-refractivity contribution >= 4 is 21.4 Å². The van der Waals surface area contributed by atoms with Gasteiger partial charge in [0.25, 0.3) is 10.0 Å². The van der Waals surface area contributed by atoms with E-state index < -0.39 is 10.0 Å². The number of benzene rings is 2. The molecule has 0 saturated heterocycles. The Morgan fingerprint density at radius 2 is 1.67 bits per heavy atom. The molecule has 0 saturated carbocycles. The maximum atomic E-state index is 12.0.